The van der Waals surface area contributed by atoms with Crippen LogP contribution in [0.4, 0.5) is 5.69 Å². The average molecular weight is 592 g/mol. The highest BCUT2D eigenvalue weighted by Gasteiger charge is 2.14. The van der Waals surface area contributed by atoms with E-state index in [-0.39, 0.29) is 16.2 Å². The van der Waals surface area contributed by atoms with E-state index in [1.807, 2.05) is 13.0 Å². The van der Waals surface area contributed by atoms with Gasteiger partial charge in [-0.1, -0.05) is 51.8 Å². The van der Waals surface area contributed by atoms with Crippen LogP contribution in [0.2, 0.25) is 0 Å². The Morgan fingerprint density at radius 2 is 1.61 bits per heavy atom. The Labute approximate surface area is 228 Å². The van der Waals surface area contributed by atoms with E-state index in [0.29, 0.717) is 16.8 Å². The van der Waals surface area contributed by atoms with E-state index in [0.717, 1.165) is 10.0 Å². The van der Waals surface area contributed by atoms with Crippen molar-refractivity contribution in [3.05, 3.63) is 124 Å². The molecule has 192 valence electrons. The van der Waals surface area contributed by atoms with Gasteiger partial charge < -0.3 is 4.74 Å². The van der Waals surface area contributed by atoms with E-state index in [1.54, 1.807) is 54.6 Å². The molecular weight excluding hydrogens is 570 g/mol. The fourth-order valence-corrected chi connectivity index (χ4v) is 4.83. The topological polar surface area (TPSA) is 114 Å². The van der Waals surface area contributed by atoms with E-state index in [2.05, 4.69) is 31.2 Å². The van der Waals surface area contributed by atoms with Gasteiger partial charge in [-0.15, -0.1) is 0 Å². The van der Waals surface area contributed by atoms with Crippen molar-refractivity contribution in [1.29, 1.82) is 0 Å². The predicted octanol–water partition coefficient (Wildman–Crippen LogP) is 5.54. The number of amides is 1. The van der Waals surface area contributed by atoms with Crippen LogP contribution in [0.5, 0.6) is 5.75 Å². The number of carbonyl (C=O) groups excluding carboxylic acids is 2. The molecule has 0 atom stereocenters. The zero-order valence-corrected chi connectivity index (χ0v) is 22.5. The summed E-state index contributed by atoms with van der Waals surface area (Å²) >= 11 is 3.38. The van der Waals surface area contributed by atoms with Gasteiger partial charge in [0.1, 0.15) is 5.75 Å². The highest BCUT2D eigenvalue weighted by atomic mass is 79.9. The molecule has 1 amide bonds. The number of anilines is 1. The number of aryl methyl sites for hydroxylation is 1. The van der Waals surface area contributed by atoms with Gasteiger partial charge >= 0.3 is 5.97 Å². The number of hydrogen-bond donors (Lipinski definition) is 2. The molecule has 4 aromatic rings. The van der Waals surface area contributed by atoms with E-state index in [4.69, 9.17) is 4.74 Å². The molecule has 8 nitrogen and oxygen atoms in total. The molecule has 0 saturated heterocycles. The number of ether oxygens (including phenoxy) is 1. The van der Waals surface area contributed by atoms with Crippen molar-refractivity contribution < 1.29 is 22.7 Å². The lowest BCUT2D eigenvalue weighted by atomic mass is 10.1. The monoisotopic (exact) mass is 591 g/mol. The lowest BCUT2D eigenvalue weighted by molar-refractivity contribution is 0.0734. The molecule has 0 aliphatic carbocycles. The van der Waals surface area contributed by atoms with E-state index in [9.17, 15) is 18.0 Å². The first-order valence-electron chi connectivity index (χ1n) is 11.3. The summed E-state index contributed by atoms with van der Waals surface area (Å²) in [5, 5.41) is 3.99. The first kappa shape index (κ1) is 26.8. The second-order valence-electron chi connectivity index (χ2n) is 8.14. The van der Waals surface area contributed by atoms with Crippen molar-refractivity contribution in [1.82, 2.24) is 5.43 Å². The van der Waals surface area contributed by atoms with Crippen molar-refractivity contribution in [2.24, 2.45) is 5.10 Å². The zero-order valence-electron chi connectivity index (χ0n) is 20.1. The third-order valence-electron chi connectivity index (χ3n) is 5.25. The fourth-order valence-electron chi connectivity index (χ4n) is 3.37. The number of nitrogens with zero attached hydrogens (tertiary/aromatic N) is 1. The Morgan fingerprint density at radius 1 is 0.868 bits per heavy atom. The van der Waals surface area contributed by atoms with Gasteiger partial charge in [0.2, 0.25) is 0 Å². The van der Waals surface area contributed by atoms with Crippen LogP contribution in [0.15, 0.2) is 112 Å². The Bertz CT molecular complexity index is 1610. The van der Waals surface area contributed by atoms with Crippen LogP contribution in [0.25, 0.3) is 0 Å². The summed E-state index contributed by atoms with van der Waals surface area (Å²) in [7, 11) is -3.74. The molecule has 0 radical (unpaired) electrons. The number of halogens is 1. The highest BCUT2D eigenvalue weighted by Crippen LogP contribution is 2.23. The molecule has 0 saturated carbocycles. The largest absolute Gasteiger partial charge is 0.422 e. The Hall–Kier alpha value is -4.28. The van der Waals surface area contributed by atoms with Gasteiger partial charge in [0.15, 0.2) is 0 Å². The molecule has 0 spiro atoms. The van der Waals surface area contributed by atoms with Crippen molar-refractivity contribution in [2.75, 3.05) is 4.72 Å². The summed E-state index contributed by atoms with van der Waals surface area (Å²) in [6, 6.07) is 26.0. The summed E-state index contributed by atoms with van der Waals surface area (Å²) < 4.78 is 33.7. The quantitative estimate of drug-likeness (QED) is 0.121. The van der Waals surface area contributed by atoms with Gasteiger partial charge in [0.05, 0.1) is 16.7 Å². The summed E-state index contributed by atoms with van der Waals surface area (Å²) in [6.07, 6.45) is 1.36. The number of hydrogen-bond acceptors (Lipinski definition) is 6. The Balaban J connectivity index is 1.41. The number of nitrogens with one attached hydrogen (secondary N) is 2. The summed E-state index contributed by atoms with van der Waals surface area (Å²) in [5.74, 6) is -0.752. The number of rotatable bonds is 8. The van der Waals surface area contributed by atoms with Crippen LogP contribution in [0, 0.1) is 6.92 Å². The smallest absolute Gasteiger partial charge is 0.343 e. The lowest BCUT2D eigenvalue weighted by Gasteiger charge is -2.09. The number of carbonyl (C=O) groups is 2. The maximum Gasteiger partial charge on any atom is 0.343 e. The minimum atomic E-state index is -3.74. The van der Waals surface area contributed by atoms with Gasteiger partial charge in [0, 0.05) is 21.3 Å². The van der Waals surface area contributed by atoms with Gasteiger partial charge in [-0.25, -0.2) is 18.6 Å². The molecule has 0 unspecified atom stereocenters. The van der Waals surface area contributed by atoms with Crippen LogP contribution >= 0.6 is 15.9 Å². The number of benzene rings is 4. The van der Waals surface area contributed by atoms with Crippen LogP contribution < -0.4 is 14.9 Å². The molecule has 0 fully saturated rings. The van der Waals surface area contributed by atoms with E-state index in [1.165, 1.54) is 42.6 Å². The first-order chi connectivity index (χ1) is 18.2. The van der Waals surface area contributed by atoms with E-state index < -0.39 is 21.9 Å². The molecule has 0 bridgehead atoms. The van der Waals surface area contributed by atoms with Crippen molar-refractivity contribution in [3.63, 3.8) is 0 Å². The standard InChI is InChI=1S/C28H22BrN3O5S/c1-19-6-5-7-21(16-19)28(34)37-26-15-12-23(29)17-22(26)18-30-31-27(33)20-10-13-24(14-11-20)32-38(35,36)25-8-3-2-4-9-25/h2-18,32H,1H3,(H,31,33)/b30-18+. The molecule has 0 heterocycles. The molecule has 10 heteroatoms. The lowest BCUT2D eigenvalue weighted by Crippen LogP contribution is -2.18. The van der Waals surface area contributed by atoms with Gasteiger partial charge in [0.25, 0.3) is 15.9 Å². The second kappa shape index (κ2) is 11.8. The molecule has 38 heavy (non-hydrogen) atoms. The summed E-state index contributed by atoms with van der Waals surface area (Å²) in [6.45, 7) is 1.88. The van der Waals surface area contributed by atoms with Gasteiger partial charge in [-0.2, -0.15) is 5.10 Å². The molecule has 0 aromatic heterocycles. The minimum Gasteiger partial charge on any atom is -0.422 e. The third kappa shape index (κ3) is 6.93. The molecule has 4 rings (SSSR count). The van der Waals surface area contributed by atoms with Crippen LogP contribution in [0.3, 0.4) is 0 Å². The third-order valence-corrected chi connectivity index (χ3v) is 7.14. The normalized spacial score (nSPS) is 11.2. The van der Waals surface area contributed by atoms with Crippen molar-refractivity contribution >= 4 is 49.7 Å². The Kier molecular flexibility index (Phi) is 8.35. The molecule has 2 N–H and O–H groups in total. The zero-order chi connectivity index (χ0) is 27.1. The van der Waals surface area contributed by atoms with Gasteiger partial charge in [-0.05, 0) is 73.7 Å². The molecule has 0 aliphatic rings. The first-order valence-corrected chi connectivity index (χ1v) is 13.6. The number of hydrazone groups is 1. The van der Waals surface area contributed by atoms with Crippen LogP contribution in [-0.2, 0) is 10.0 Å². The summed E-state index contributed by atoms with van der Waals surface area (Å²) in [5.41, 5.74) is 4.80. The minimum absolute atomic E-state index is 0.132. The van der Waals surface area contributed by atoms with E-state index >= 15 is 0 Å². The number of sulfonamides is 1. The fraction of sp³-hybridized carbons (Fsp3) is 0.0357. The van der Waals surface area contributed by atoms with Gasteiger partial charge in [-0.3, -0.25) is 9.52 Å². The molecular formula is C28H22BrN3O5S. The maximum atomic E-state index is 12.6. The average Bonchev–Trinajstić information content (AvgIpc) is 2.90. The number of esters is 1. The predicted molar refractivity (Wildman–Crippen MR) is 149 cm³/mol. The molecule has 4 aromatic carbocycles. The Morgan fingerprint density at radius 3 is 2.32 bits per heavy atom. The SMILES string of the molecule is Cc1cccc(C(=O)Oc2ccc(Br)cc2/C=N/NC(=O)c2ccc(NS(=O)(=O)c3ccccc3)cc2)c1. The van der Waals surface area contributed by atoms with Crippen molar-refractivity contribution in [2.45, 2.75) is 11.8 Å². The second-order valence-corrected chi connectivity index (χ2v) is 10.7. The van der Waals surface area contributed by atoms with Crippen LogP contribution in [0.1, 0.15) is 31.8 Å². The maximum absolute atomic E-state index is 12.6. The summed E-state index contributed by atoms with van der Waals surface area (Å²) in [4.78, 5) is 25.2. The van der Waals surface area contributed by atoms with Crippen LogP contribution in [-0.4, -0.2) is 26.5 Å². The highest BCUT2D eigenvalue weighted by molar-refractivity contribution is 9.10. The molecule has 0 aliphatic heterocycles. The van der Waals surface area contributed by atoms with Crippen molar-refractivity contribution in [3.8, 4) is 5.75 Å².